The van der Waals surface area contributed by atoms with Gasteiger partial charge in [-0.25, -0.2) is 0 Å². The Bertz CT molecular complexity index is 410. The van der Waals surface area contributed by atoms with Crippen molar-refractivity contribution in [3.63, 3.8) is 0 Å². The third kappa shape index (κ3) is 3.56. The fourth-order valence-corrected chi connectivity index (χ4v) is 2.51. The summed E-state index contributed by atoms with van der Waals surface area (Å²) >= 11 is 0. The maximum atomic E-state index is 11.6. The molecular weight excluding hydrogens is 246 g/mol. The summed E-state index contributed by atoms with van der Waals surface area (Å²) in [4.78, 5) is 23.0. The Morgan fingerprint density at radius 2 is 1.89 bits per heavy atom. The van der Waals surface area contributed by atoms with E-state index in [-0.39, 0.29) is 6.42 Å². The van der Waals surface area contributed by atoms with E-state index in [1.54, 1.807) is 19.1 Å². The minimum atomic E-state index is -1.12. The van der Waals surface area contributed by atoms with Crippen LogP contribution in [0.15, 0.2) is 12.2 Å². The van der Waals surface area contributed by atoms with Gasteiger partial charge in [0, 0.05) is 5.54 Å². The molecule has 0 amide bonds. The standard InChI is InChI=1S/C14H23NO4/c1-12(2,15)7-8-14(11(18)19)6-4-5-13(3,9-14)10(16)17/h4,6H,5,7-9,15H2,1-3H3,(H,16,17)(H,18,19). The normalized spacial score (nSPS) is 31.2. The van der Waals surface area contributed by atoms with Crippen molar-refractivity contribution < 1.29 is 19.8 Å². The second kappa shape index (κ2) is 4.96. The number of aliphatic carboxylic acids is 2. The number of allylic oxidation sites excluding steroid dienone is 1. The van der Waals surface area contributed by atoms with Crippen LogP contribution in [0, 0.1) is 10.8 Å². The van der Waals surface area contributed by atoms with Crippen LogP contribution in [-0.4, -0.2) is 27.7 Å². The fourth-order valence-electron chi connectivity index (χ4n) is 2.51. The third-order valence-electron chi connectivity index (χ3n) is 3.87. The molecule has 0 spiro atoms. The maximum absolute atomic E-state index is 11.6. The first-order valence-electron chi connectivity index (χ1n) is 6.44. The molecule has 5 heteroatoms. The minimum Gasteiger partial charge on any atom is -0.481 e. The molecular formula is C14H23NO4. The second-order valence-electron chi connectivity index (χ2n) is 6.60. The van der Waals surface area contributed by atoms with Crippen molar-refractivity contribution in [3.05, 3.63) is 12.2 Å². The van der Waals surface area contributed by atoms with Crippen LogP contribution in [0.1, 0.15) is 46.5 Å². The van der Waals surface area contributed by atoms with Crippen LogP contribution < -0.4 is 5.73 Å². The van der Waals surface area contributed by atoms with E-state index in [0.29, 0.717) is 19.3 Å². The molecule has 2 atom stereocenters. The Hall–Kier alpha value is -1.36. The van der Waals surface area contributed by atoms with Crippen molar-refractivity contribution in [1.82, 2.24) is 0 Å². The van der Waals surface area contributed by atoms with E-state index in [4.69, 9.17) is 5.73 Å². The molecule has 0 aromatic rings. The lowest BCUT2D eigenvalue weighted by Crippen LogP contribution is -2.43. The largest absolute Gasteiger partial charge is 0.481 e. The predicted molar refractivity (Wildman–Crippen MR) is 71.7 cm³/mol. The highest BCUT2D eigenvalue weighted by Gasteiger charge is 2.48. The number of carbonyl (C=O) groups is 2. The first-order chi connectivity index (χ1) is 8.51. The fraction of sp³-hybridized carbons (Fsp3) is 0.714. The summed E-state index contributed by atoms with van der Waals surface area (Å²) in [5.41, 5.74) is 3.30. The van der Waals surface area contributed by atoms with Gasteiger partial charge in [0.15, 0.2) is 0 Å². The molecule has 0 saturated carbocycles. The summed E-state index contributed by atoms with van der Waals surface area (Å²) in [5, 5.41) is 18.8. The van der Waals surface area contributed by atoms with Crippen molar-refractivity contribution in [3.8, 4) is 0 Å². The number of carboxylic acids is 2. The smallest absolute Gasteiger partial charge is 0.313 e. The molecule has 0 bridgehead atoms. The predicted octanol–water partition coefficient (Wildman–Crippen LogP) is 2.02. The number of hydrogen-bond acceptors (Lipinski definition) is 3. The van der Waals surface area contributed by atoms with Gasteiger partial charge in [-0.3, -0.25) is 9.59 Å². The first kappa shape index (κ1) is 15.7. The van der Waals surface area contributed by atoms with Gasteiger partial charge in [0.1, 0.15) is 0 Å². The Kier molecular flexibility index (Phi) is 4.10. The lowest BCUT2D eigenvalue weighted by molar-refractivity contribution is -0.156. The van der Waals surface area contributed by atoms with Crippen molar-refractivity contribution >= 4 is 11.9 Å². The SMILES string of the molecule is CC(C)(N)CCC1(C(=O)O)C=CCC(C)(C(=O)O)C1. The van der Waals surface area contributed by atoms with Crippen molar-refractivity contribution in [2.45, 2.75) is 52.0 Å². The summed E-state index contributed by atoms with van der Waals surface area (Å²) in [6.45, 7) is 5.28. The second-order valence-corrected chi connectivity index (χ2v) is 6.60. The molecule has 0 aromatic carbocycles. The molecule has 0 heterocycles. The zero-order valence-corrected chi connectivity index (χ0v) is 11.8. The zero-order chi connectivity index (χ0) is 14.9. The molecule has 1 rings (SSSR count). The summed E-state index contributed by atoms with van der Waals surface area (Å²) in [6.07, 6.45) is 4.67. The molecule has 0 saturated heterocycles. The summed E-state index contributed by atoms with van der Waals surface area (Å²) in [7, 11) is 0. The number of rotatable bonds is 5. The van der Waals surface area contributed by atoms with E-state index in [2.05, 4.69) is 0 Å². The molecule has 0 radical (unpaired) electrons. The van der Waals surface area contributed by atoms with E-state index in [1.165, 1.54) is 0 Å². The highest BCUT2D eigenvalue weighted by molar-refractivity contribution is 5.81. The molecule has 2 unspecified atom stereocenters. The Labute approximate surface area is 113 Å². The third-order valence-corrected chi connectivity index (χ3v) is 3.87. The molecule has 1 aliphatic rings. The van der Waals surface area contributed by atoms with Crippen molar-refractivity contribution in [2.75, 3.05) is 0 Å². The Balaban J connectivity index is 3.01. The van der Waals surface area contributed by atoms with Gasteiger partial charge in [0.25, 0.3) is 0 Å². The average molecular weight is 269 g/mol. The maximum Gasteiger partial charge on any atom is 0.313 e. The lowest BCUT2D eigenvalue weighted by atomic mass is 9.64. The van der Waals surface area contributed by atoms with Crippen LogP contribution in [0.4, 0.5) is 0 Å². The Morgan fingerprint density at radius 3 is 2.32 bits per heavy atom. The average Bonchev–Trinajstić information content (AvgIpc) is 2.25. The highest BCUT2D eigenvalue weighted by Crippen LogP contribution is 2.46. The lowest BCUT2D eigenvalue weighted by Gasteiger charge is -2.39. The van der Waals surface area contributed by atoms with Crippen molar-refractivity contribution in [1.29, 1.82) is 0 Å². The number of hydrogen-bond donors (Lipinski definition) is 3. The molecule has 4 N–H and O–H groups in total. The van der Waals surface area contributed by atoms with Gasteiger partial charge in [-0.05, 0) is 46.5 Å². The summed E-state index contributed by atoms with van der Waals surface area (Å²) < 4.78 is 0. The molecule has 0 fully saturated rings. The van der Waals surface area contributed by atoms with Gasteiger partial charge in [0.05, 0.1) is 10.8 Å². The highest BCUT2D eigenvalue weighted by atomic mass is 16.4. The van der Waals surface area contributed by atoms with E-state index in [1.807, 2.05) is 13.8 Å². The van der Waals surface area contributed by atoms with Crippen LogP contribution in [-0.2, 0) is 9.59 Å². The van der Waals surface area contributed by atoms with Crippen LogP contribution in [0.25, 0.3) is 0 Å². The van der Waals surface area contributed by atoms with Gasteiger partial charge in [-0.15, -0.1) is 0 Å². The van der Waals surface area contributed by atoms with Gasteiger partial charge in [-0.2, -0.15) is 0 Å². The molecule has 0 aromatic heterocycles. The number of nitrogens with two attached hydrogens (primary N) is 1. The van der Waals surface area contributed by atoms with Gasteiger partial charge < -0.3 is 15.9 Å². The molecule has 19 heavy (non-hydrogen) atoms. The van der Waals surface area contributed by atoms with Gasteiger partial charge in [0.2, 0.25) is 0 Å². The topological polar surface area (TPSA) is 101 Å². The van der Waals surface area contributed by atoms with E-state index in [9.17, 15) is 19.8 Å². The van der Waals surface area contributed by atoms with Crippen LogP contribution in [0.5, 0.6) is 0 Å². The van der Waals surface area contributed by atoms with Crippen LogP contribution in [0.2, 0.25) is 0 Å². The minimum absolute atomic E-state index is 0.108. The molecule has 0 aliphatic heterocycles. The molecule has 1 aliphatic carbocycles. The van der Waals surface area contributed by atoms with Gasteiger partial charge in [-0.1, -0.05) is 12.2 Å². The quantitative estimate of drug-likeness (QED) is 0.663. The van der Waals surface area contributed by atoms with Gasteiger partial charge >= 0.3 is 11.9 Å². The van der Waals surface area contributed by atoms with E-state index >= 15 is 0 Å². The monoisotopic (exact) mass is 269 g/mol. The van der Waals surface area contributed by atoms with Crippen LogP contribution >= 0.6 is 0 Å². The van der Waals surface area contributed by atoms with E-state index < -0.39 is 28.3 Å². The zero-order valence-electron chi connectivity index (χ0n) is 11.8. The van der Waals surface area contributed by atoms with Crippen molar-refractivity contribution in [2.24, 2.45) is 16.6 Å². The number of carboxylic acid groups (broad SMARTS) is 2. The van der Waals surface area contributed by atoms with E-state index in [0.717, 1.165) is 0 Å². The summed E-state index contributed by atoms with van der Waals surface area (Å²) in [5.74, 6) is -1.92. The van der Waals surface area contributed by atoms with Crippen LogP contribution in [0.3, 0.4) is 0 Å². The molecule has 5 nitrogen and oxygen atoms in total. The molecule has 108 valence electrons. The first-order valence-corrected chi connectivity index (χ1v) is 6.44. The summed E-state index contributed by atoms with van der Waals surface area (Å²) in [6, 6.07) is 0. The Morgan fingerprint density at radius 1 is 1.32 bits per heavy atom.